The van der Waals surface area contributed by atoms with E-state index in [1.54, 1.807) is 4.57 Å². The van der Waals surface area contributed by atoms with Crippen molar-refractivity contribution in [2.45, 2.75) is 50.7 Å². The lowest BCUT2D eigenvalue weighted by Crippen LogP contribution is -2.40. The van der Waals surface area contributed by atoms with E-state index in [0.717, 1.165) is 32.4 Å². The molecule has 180 valence electrons. The van der Waals surface area contributed by atoms with Crippen molar-refractivity contribution in [3.05, 3.63) is 6.33 Å². The van der Waals surface area contributed by atoms with Crippen molar-refractivity contribution in [2.24, 2.45) is 0 Å². The monoisotopic (exact) mass is 484 g/mol. The number of carbonyl (C=O) groups excluding carboxylic acids is 1. The first-order chi connectivity index (χ1) is 15.9. The molecule has 3 saturated heterocycles. The van der Waals surface area contributed by atoms with E-state index >= 15 is 0 Å². The van der Waals surface area contributed by atoms with Gasteiger partial charge in [-0.15, -0.1) is 0 Å². The van der Waals surface area contributed by atoms with Gasteiger partial charge in [-0.05, 0) is 19.3 Å². The van der Waals surface area contributed by atoms with Crippen LogP contribution in [0.15, 0.2) is 6.33 Å². The molecule has 0 aromatic carbocycles. The number of imidazole rings is 1. The van der Waals surface area contributed by atoms with E-state index in [2.05, 4.69) is 24.6 Å². The summed E-state index contributed by atoms with van der Waals surface area (Å²) in [6.07, 6.45) is 0.502. The molecule has 14 nitrogen and oxygen atoms in total. The predicted molar refractivity (Wildman–Crippen MR) is 112 cm³/mol. The van der Waals surface area contributed by atoms with E-state index in [4.69, 9.17) is 24.0 Å². The summed E-state index contributed by atoms with van der Waals surface area (Å²) in [6, 6.07) is 0. The van der Waals surface area contributed by atoms with Gasteiger partial charge in [0.25, 0.3) is 0 Å². The number of piperidine rings is 1. The van der Waals surface area contributed by atoms with Crippen LogP contribution >= 0.6 is 7.82 Å². The zero-order valence-electron chi connectivity index (χ0n) is 17.9. The third-order valence-electron chi connectivity index (χ3n) is 5.81. The molecule has 33 heavy (non-hydrogen) atoms. The van der Waals surface area contributed by atoms with E-state index < -0.39 is 45.1 Å². The number of hydrogen-bond donors (Lipinski definition) is 2. The summed E-state index contributed by atoms with van der Waals surface area (Å²) >= 11 is 0. The van der Waals surface area contributed by atoms with Crippen LogP contribution in [0, 0.1) is 0 Å². The Morgan fingerprint density at radius 1 is 1.33 bits per heavy atom. The Hall–Kier alpha value is -2.35. The number of carbonyl (C=O) groups is 1. The number of anilines is 2. The first-order valence-corrected chi connectivity index (χ1v) is 12.1. The highest BCUT2D eigenvalue weighted by Gasteiger charge is 2.54. The van der Waals surface area contributed by atoms with Gasteiger partial charge in [0.1, 0.15) is 24.6 Å². The summed E-state index contributed by atoms with van der Waals surface area (Å²) in [5.41, 5.74) is 6.84. The van der Waals surface area contributed by atoms with Gasteiger partial charge in [0.2, 0.25) is 12.7 Å². The molecule has 0 radical (unpaired) electrons. The number of phosphoric ester groups is 1. The number of ether oxygens (including phenoxy) is 2. The number of nitrogens with zero attached hydrogens (tertiary/aromatic N) is 5. The summed E-state index contributed by atoms with van der Waals surface area (Å²) in [7, 11) is -4.07. The van der Waals surface area contributed by atoms with Crippen LogP contribution < -0.4 is 10.6 Å². The van der Waals surface area contributed by atoms with Gasteiger partial charge in [0, 0.05) is 20.0 Å². The molecule has 2 aromatic heterocycles. The van der Waals surface area contributed by atoms with Crippen LogP contribution in [0.4, 0.5) is 11.8 Å². The van der Waals surface area contributed by atoms with Crippen molar-refractivity contribution >= 4 is 36.7 Å². The zero-order valence-corrected chi connectivity index (χ0v) is 18.8. The minimum atomic E-state index is -4.07. The van der Waals surface area contributed by atoms with Crippen LogP contribution in [0.25, 0.3) is 11.2 Å². The molecule has 2 aromatic rings. The van der Waals surface area contributed by atoms with Gasteiger partial charge in [0.05, 0.1) is 6.61 Å². The molecule has 3 N–H and O–H groups in total. The Morgan fingerprint density at radius 2 is 2.12 bits per heavy atom. The number of phosphoric acid groups is 1. The topological polar surface area (TPSA) is 173 Å². The molecule has 5 heterocycles. The second-order valence-corrected chi connectivity index (χ2v) is 9.63. The lowest BCUT2D eigenvalue weighted by molar-refractivity contribution is -0.150. The fourth-order valence-electron chi connectivity index (χ4n) is 4.25. The Labute approximate surface area is 188 Å². The maximum Gasteiger partial charge on any atom is 0.478 e. The smallest absolute Gasteiger partial charge is 0.438 e. The highest BCUT2D eigenvalue weighted by molar-refractivity contribution is 7.48. The molecule has 3 aliphatic heterocycles. The number of aliphatic hydroxyl groups excluding tert-OH is 1. The summed E-state index contributed by atoms with van der Waals surface area (Å²) in [6.45, 7) is 1.99. The highest BCUT2D eigenvalue weighted by Crippen LogP contribution is 2.57. The third-order valence-corrected chi connectivity index (χ3v) is 7.20. The number of aliphatic hydroxyl groups is 1. The molecule has 3 fully saturated rings. The van der Waals surface area contributed by atoms with Crippen LogP contribution in [-0.2, 0) is 32.4 Å². The Morgan fingerprint density at radius 3 is 2.88 bits per heavy atom. The molecule has 0 spiro atoms. The molecule has 0 aliphatic carbocycles. The summed E-state index contributed by atoms with van der Waals surface area (Å²) in [5, 5.41) is 11.1. The third kappa shape index (κ3) is 4.18. The number of aromatic nitrogens is 4. The standard InChI is InChI=1S/C18H25N6O8P/c1-10(25)28-9-30-33(27)29-7-11-14(32-33)13(26)17(31-11)24-16-12(15(19)20-8-21-16)22-18(24)23-5-3-2-4-6-23/h8,11,13-14,17,26H,2-7,9H2,1H3,(H2,19,20,21). The molecule has 0 saturated carbocycles. The quantitative estimate of drug-likeness (QED) is 0.345. The number of esters is 1. The zero-order chi connectivity index (χ0) is 23.2. The van der Waals surface area contributed by atoms with E-state index in [0.29, 0.717) is 17.1 Å². The van der Waals surface area contributed by atoms with Gasteiger partial charge >= 0.3 is 13.8 Å². The lowest BCUT2D eigenvalue weighted by atomic mass is 10.1. The maximum atomic E-state index is 12.8. The molecule has 0 bridgehead atoms. The van der Waals surface area contributed by atoms with Crippen LogP contribution in [0.5, 0.6) is 0 Å². The van der Waals surface area contributed by atoms with Crippen molar-refractivity contribution in [2.75, 3.05) is 37.1 Å². The molecule has 15 heteroatoms. The van der Waals surface area contributed by atoms with Crippen molar-refractivity contribution in [1.82, 2.24) is 19.5 Å². The maximum absolute atomic E-state index is 12.8. The molecular weight excluding hydrogens is 459 g/mol. The highest BCUT2D eigenvalue weighted by atomic mass is 31.2. The first-order valence-electron chi connectivity index (χ1n) is 10.6. The fourth-order valence-corrected chi connectivity index (χ4v) is 5.52. The number of nitrogens with two attached hydrogens (primary N) is 1. The minimum absolute atomic E-state index is 0.154. The Bertz CT molecular complexity index is 1090. The van der Waals surface area contributed by atoms with Gasteiger partial charge in [-0.1, -0.05) is 0 Å². The number of hydrogen-bond acceptors (Lipinski definition) is 13. The van der Waals surface area contributed by atoms with Crippen molar-refractivity contribution in [3.63, 3.8) is 0 Å². The molecule has 0 amide bonds. The predicted octanol–water partition coefficient (Wildman–Crippen LogP) is 0.718. The van der Waals surface area contributed by atoms with Crippen LogP contribution in [0.3, 0.4) is 0 Å². The summed E-state index contributed by atoms with van der Waals surface area (Å²) in [5.74, 6) is 0.152. The molecular formula is C18H25N6O8P. The largest absolute Gasteiger partial charge is 0.478 e. The fraction of sp³-hybridized carbons (Fsp3) is 0.667. The van der Waals surface area contributed by atoms with E-state index in [-0.39, 0.29) is 12.4 Å². The minimum Gasteiger partial charge on any atom is -0.438 e. The van der Waals surface area contributed by atoms with Gasteiger partial charge in [-0.2, -0.15) is 0 Å². The average Bonchev–Trinajstić information content (AvgIpc) is 3.33. The van der Waals surface area contributed by atoms with E-state index in [9.17, 15) is 14.5 Å². The van der Waals surface area contributed by atoms with Crippen LogP contribution in [0.2, 0.25) is 0 Å². The van der Waals surface area contributed by atoms with Crippen LogP contribution in [-0.4, -0.2) is 75.4 Å². The van der Waals surface area contributed by atoms with Crippen molar-refractivity contribution in [3.8, 4) is 0 Å². The molecule has 5 unspecified atom stereocenters. The van der Waals surface area contributed by atoms with Gasteiger partial charge < -0.3 is 25.2 Å². The van der Waals surface area contributed by atoms with Gasteiger partial charge in [-0.25, -0.2) is 24.0 Å². The van der Waals surface area contributed by atoms with Gasteiger partial charge in [-0.3, -0.25) is 18.4 Å². The van der Waals surface area contributed by atoms with Crippen molar-refractivity contribution in [1.29, 1.82) is 0 Å². The van der Waals surface area contributed by atoms with Gasteiger partial charge in [0.15, 0.2) is 23.2 Å². The molecule has 3 aliphatic rings. The summed E-state index contributed by atoms with van der Waals surface area (Å²) in [4.78, 5) is 26.0. The first kappa shape index (κ1) is 22.4. The second-order valence-electron chi connectivity index (χ2n) is 8.01. The number of nitrogen functional groups attached to an aromatic ring is 1. The van der Waals surface area contributed by atoms with Crippen molar-refractivity contribution < 1.29 is 37.5 Å². The number of rotatable bonds is 5. The SMILES string of the molecule is CC(=O)OCOP1(=O)OCC2OC(n3c(N4CCCCC4)nc4c(N)ncnc43)C(O)C2O1. The molecule has 5 atom stereocenters. The van der Waals surface area contributed by atoms with Crippen LogP contribution in [0.1, 0.15) is 32.4 Å². The Kier molecular flexibility index (Phi) is 5.97. The lowest BCUT2D eigenvalue weighted by Gasteiger charge is -2.30. The average molecular weight is 484 g/mol. The second kappa shape index (κ2) is 8.78. The summed E-state index contributed by atoms with van der Waals surface area (Å²) < 4.78 is 40.9. The van der Waals surface area contributed by atoms with E-state index in [1.807, 2.05) is 0 Å². The van der Waals surface area contributed by atoms with E-state index in [1.165, 1.54) is 13.3 Å². The number of fused-ring (bicyclic) bond motifs is 2. The molecule has 5 rings (SSSR count). The normalized spacial score (nSPS) is 32.1. The Balaban J connectivity index is 1.45.